The molecule has 0 bridgehead atoms. The number of hydrogen-bond acceptors (Lipinski definition) is 7. The third-order valence-corrected chi connectivity index (χ3v) is 7.24. The van der Waals surface area contributed by atoms with Crippen LogP contribution < -0.4 is 15.1 Å². The lowest BCUT2D eigenvalue weighted by molar-refractivity contribution is -0.0488. The molecule has 1 saturated heterocycles. The lowest BCUT2D eigenvalue weighted by atomic mass is 10.1. The van der Waals surface area contributed by atoms with Gasteiger partial charge in [-0.15, -0.1) is 11.3 Å². The quantitative estimate of drug-likeness (QED) is 0.548. The first-order valence-corrected chi connectivity index (χ1v) is 11.4. The number of anilines is 1. The van der Waals surface area contributed by atoms with Crippen molar-refractivity contribution in [2.24, 2.45) is 0 Å². The first-order chi connectivity index (χ1) is 16.3. The Balaban J connectivity index is 1.81. The zero-order chi connectivity index (χ0) is 24.1. The fraction of sp³-hybridized carbons (Fsp3) is 0.409. The van der Waals surface area contributed by atoms with Gasteiger partial charge in [0.25, 0.3) is 6.67 Å². The van der Waals surface area contributed by atoms with Crippen LogP contribution in [-0.4, -0.2) is 54.0 Å². The molecule has 1 aliphatic heterocycles. The van der Waals surface area contributed by atoms with Crippen LogP contribution in [0.5, 0.6) is 11.5 Å². The molecule has 0 radical (unpaired) electrons. The number of fused-ring (bicyclic) bond motifs is 2. The van der Waals surface area contributed by atoms with E-state index in [-0.39, 0.29) is 57.5 Å². The van der Waals surface area contributed by atoms with E-state index in [1.165, 1.54) is 0 Å². The number of pyridine rings is 1. The van der Waals surface area contributed by atoms with E-state index in [0.29, 0.717) is 25.9 Å². The molecule has 34 heavy (non-hydrogen) atoms. The molecule has 1 N–H and O–H groups in total. The summed E-state index contributed by atoms with van der Waals surface area (Å²) in [6.45, 7) is 5.38. The van der Waals surface area contributed by atoms with Gasteiger partial charge >= 0.3 is 6.61 Å². The number of nitriles is 1. The molecule has 3 heterocycles. The van der Waals surface area contributed by atoms with Crippen LogP contribution in [0.3, 0.4) is 0 Å². The van der Waals surface area contributed by atoms with Gasteiger partial charge in [-0.05, 0) is 18.9 Å². The molecule has 176 valence electrons. The number of aromatic hydroxyl groups is 1. The van der Waals surface area contributed by atoms with Crippen molar-refractivity contribution >= 4 is 38.1 Å². The van der Waals surface area contributed by atoms with Gasteiger partial charge in [-0.1, -0.05) is 0 Å². The largest absolute Gasteiger partial charge is 0.505 e. The molecule has 0 spiro atoms. The normalized spacial score (nSPS) is 16.8. The Labute approximate surface area is 195 Å². The average Bonchev–Trinajstić information content (AvgIpc) is 3.58. The van der Waals surface area contributed by atoms with Crippen LogP contribution in [0, 0.1) is 23.7 Å². The van der Waals surface area contributed by atoms with Crippen LogP contribution in [-0.2, 0) is 0 Å². The predicted octanol–water partition coefficient (Wildman–Crippen LogP) is 3.87. The summed E-state index contributed by atoms with van der Waals surface area (Å²) in [6, 6.07) is 2.68. The summed E-state index contributed by atoms with van der Waals surface area (Å²) >= 11 is 0.893. The van der Waals surface area contributed by atoms with Gasteiger partial charge in [0.15, 0.2) is 17.3 Å². The van der Waals surface area contributed by atoms with Gasteiger partial charge in [-0.2, -0.15) is 14.0 Å². The summed E-state index contributed by atoms with van der Waals surface area (Å²) in [5.41, 5.74) is -0.876. The molecule has 8 nitrogen and oxygen atoms in total. The number of thiophene rings is 1. The van der Waals surface area contributed by atoms with Gasteiger partial charge in [-0.3, -0.25) is 9.64 Å². The van der Waals surface area contributed by atoms with Gasteiger partial charge < -0.3 is 19.3 Å². The molecule has 2 aliphatic rings. The molecule has 0 unspecified atom stereocenters. The molecule has 12 heteroatoms. The van der Waals surface area contributed by atoms with Crippen LogP contribution in [0.15, 0.2) is 10.9 Å². The smallest absolute Gasteiger partial charge is 0.387 e. The molecule has 0 amide bonds. The zero-order valence-electron chi connectivity index (χ0n) is 17.7. The summed E-state index contributed by atoms with van der Waals surface area (Å²) in [4.78, 5) is 20.3. The average molecular weight is 489 g/mol. The first-order valence-electron chi connectivity index (χ1n) is 10.6. The molecule has 2 aromatic heterocycles. The van der Waals surface area contributed by atoms with Crippen LogP contribution in [0.4, 0.5) is 18.9 Å². The third-order valence-electron chi connectivity index (χ3n) is 6.16. The lowest BCUT2D eigenvalue weighted by Gasteiger charge is -2.35. The van der Waals surface area contributed by atoms with Crippen molar-refractivity contribution in [2.75, 3.05) is 37.7 Å². The van der Waals surface area contributed by atoms with E-state index in [0.717, 1.165) is 17.4 Å². The Morgan fingerprint density at radius 2 is 2.03 bits per heavy atom. The number of alkyl halides is 2. The third kappa shape index (κ3) is 3.50. The molecular weight excluding hydrogens is 471 g/mol. The van der Waals surface area contributed by atoms with E-state index < -0.39 is 29.4 Å². The van der Waals surface area contributed by atoms with Crippen LogP contribution in [0.2, 0.25) is 0 Å². The molecular formula is C22H18F3N5O3S. The number of nitrogens with zero attached hydrogens (tertiary/aromatic N) is 5. The van der Waals surface area contributed by atoms with Crippen molar-refractivity contribution in [3.63, 3.8) is 0 Å². The van der Waals surface area contributed by atoms with Gasteiger partial charge in [-0.25, -0.2) is 15.9 Å². The minimum atomic E-state index is -3.27. The Bertz CT molecular complexity index is 1440. The monoisotopic (exact) mass is 489 g/mol. The van der Waals surface area contributed by atoms with Gasteiger partial charge in [0.05, 0.1) is 10.9 Å². The number of aromatic nitrogens is 1. The number of hydrogen-bond donors (Lipinski definition) is 1. The maximum atomic E-state index is 15.5. The maximum Gasteiger partial charge on any atom is 0.387 e. The summed E-state index contributed by atoms with van der Waals surface area (Å²) in [7, 11) is 0. The van der Waals surface area contributed by atoms with E-state index >= 15 is 4.39 Å². The maximum absolute atomic E-state index is 15.5. The van der Waals surface area contributed by atoms with Gasteiger partial charge in [0.1, 0.15) is 26.9 Å². The highest BCUT2D eigenvalue weighted by Gasteiger charge is 2.35. The summed E-state index contributed by atoms with van der Waals surface area (Å²) in [6.07, 6.45) is 1.40. The standard InChI is InChI=1S/C22H18F3N5O3S/c1-27-10-28-4-6-29(7-5-28)17-13(23)8-12-16(20(17)33-22(24)25)30(11-2-3-11)21-15(18(12)31)19(32)14(9-26)34-21/h8,11,22,32H,2-7,10H2. The molecule has 3 aromatic rings. The molecule has 1 saturated carbocycles. The van der Waals surface area contributed by atoms with Crippen LogP contribution in [0.1, 0.15) is 23.8 Å². The number of halogens is 3. The zero-order valence-corrected chi connectivity index (χ0v) is 18.5. The predicted molar refractivity (Wildman–Crippen MR) is 120 cm³/mol. The summed E-state index contributed by atoms with van der Waals surface area (Å²) in [5.74, 6) is -1.81. The van der Waals surface area contributed by atoms with E-state index in [9.17, 15) is 23.9 Å². The van der Waals surface area contributed by atoms with Crippen molar-refractivity contribution in [2.45, 2.75) is 25.5 Å². The minimum absolute atomic E-state index is 0.0334. The van der Waals surface area contributed by atoms with Gasteiger partial charge in [0.2, 0.25) is 5.43 Å². The van der Waals surface area contributed by atoms with Crippen molar-refractivity contribution in [1.82, 2.24) is 9.47 Å². The Kier molecular flexibility index (Phi) is 5.50. The van der Waals surface area contributed by atoms with E-state index in [4.69, 9.17) is 11.3 Å². The van der Waals surface area contributed by atoms with E-state index in [1.54, 1.807) is 9.47 Å². The minimum Gasteiger partial charge on any atom is -0.505 e. The second-order valence-electron chi connectivity index (χ2n) is 8.22. The lowest BCUT2D eigenvalue weighted by Crippen LogP contribution is -2.46. The van der Waals surface area contributed by atoms with Crippen LogP contribution in [0.25, 0.3) is 26.0 Å². The number of piperazine rings is 1. The molecule has 1 aromatic carbocycles. The molecule has 2 fully saturated rings. The highest BCUT2D eigenvalue weighted by atomic mass is 32.1. The fourth-order valence-corrected chi connectivity index (χ4v) is 5.57. The number of ether oxygens (including phenoxy) is 1. The second kappa shape index (κ2) is 8.38. The molecule has 0 atom stereocenters. The van der Waals surface area contributed by atoms with Crippen molar-refractivity contribution < 1.29 is 23.0 Å². The Morgan fingerprint density at radius 1 is 1.32 bits per heavy atom. The van der Waals surface area contributed by atoms with E-state index in [2.05, 4.69) is 4.85 Å². The Morgan fingerprint density at radius 3 is 2.62 bits per heavy atom. The Hall–Kier alpha value is -3.48. The topological polar surface area (TPSA) is 86.1 Å². The first kappa shape index (κ1) is 22.3. The van der Waals surface area contributed by atoms with Crippen LogP contribution >= 0.6 is 11.3 Å². The number of rotatable bonds is 5. The number of benzene rings is 1. The van der Waals surface area contributed by atoms with Gasteiger partial charge in [0, 0.05) is 32.2 Å². The molecule has 5 rings (SSSR count). The summed E-state index contributed by atoms with van der Waals surface area (Å²) in [5, 5.41) is 19.5. The highest BCUT2D eigenvalue weighted by molar-refractivity contribution is 7.19. The van der Waals surface area contributed by atoms with Crippen molar-refractivity contribution in [3.8, 4) is 17.6 Å². The van der Waals surface area contributed by atoms with Crippen molar-refractivity contribution in [1.29, 1.82) is 5.26 Å². The fourth-order valence-electron chi connectivity index (χ4n) is 4.51. The molecule has 1 aliphatic carbocycles. The highest BCUT2D eigenvalue weighted by Crippen LogP contribution is 2.48. The van der Waals surface area contributed by atoms with E-state index in [1.807, 2.05) is 11.0 Å². The second-order valence-corrected chi connectivity index (χ2v) is 9.22. The summed E-state index contributed by atoms with van der Waals surface area (Å²) < 4.78 is 49.2. The van der Waals surface area contributed by atoms with Crippen molar-refractivity contribution in [3.05, 3.63) is 38.4 Å². The SMILES string of the molecule is [C-]#[N+]CN1CCN(c2c(F)cc3c(=O)c4c(O)c(C#N)sc4n(C4CC4)c3c2OC(F)F)CC1.